The zero-order valence-corrected chi connectivity index (χ0v) is 13.1. The Bertz CT molecular complexity index is 542. The Morgan fingerprint density at radius 1 is 1.36 bits per heavy atom. The first-order valence-electron chi connectivity index (χ1n) is 7.83. The highest BCUT2D eigenvalue weighted by Crippen LogP contribution is 2.38. The Balaban J connectivity index is 2.48. The van der Waals surface area contributed by atoms with Gasteiger partial charge in [-0.25, -0.2) is 4.39 Å². The van der Waals surface area contributed by atoms with Crippen molar-refractivity contribution in [3.63, 3.8) is 0 Å². The lowest BCUT2D eigenvalue weighted by molar-refractivity contribution is -0.384. The Morgan fingerprint density at radius 2 is 2.00 bits per heavy atom. The quantitative estimate of drug-likeness (QED) is 0.652. The van der Waals surface area contributed by atoms with E-state index in [0.717, 1.165) is 44.2 Å². The fraction of sp³-hybridized carbons (Fsp3) is 0.625. The van der Waals surface area contributed by atoms with Crippen LogP contribution in [0.25, 0.3) is 0 Å². The highest BCUT2D eigenvalue weighted by molar-refractivity contribution is 5.67. The molecule has 0 saturated heterocycles. The van der Waals surface area contributed by atoms with Gasteiger partial charge in [0.1, 0.15) is 5.75 Å². The van der Waals surface area contributed by atoms with E-state index in [9.17, 15) is 19.6 Å². The second-order valence-electron chi connectivity index (χ2n) is 6.39. The maximum absolute atomic E-state index is 14.4. The standard InChI is InChI=1S/C16H23FN2O3/c1-11(2)10-18(12-6-4-3-5-7-12)16-14(17)8-13(20)9-15(16)19(21)22/h8-9,11-12,20H,3-7,10H2,1-2H3. The number of benzene rings is 1. The van der Waals surface area contributed by atoms with Crippen LogP contribution in [0.2, 0.25) is 0 Å². The van der Waals surface area contributed by atoms with Crippen molar-refractivity contribution in [2.45, 2.75) is 52.0 Å². The lowest BCUT2D eigenvalue weighted by Crippen LogP contribution is -2.40. The summed E-state index contributed by atoms with van der Waals surface area (Å²) >= 11 is 0. The zero-order chi connectivity index (χ0) is 16.3. The summed E-state index contributed by atoms with van der Waals surface area (Å²) in [6.45, 7) is 4.59. The Hall–Kier alpha value is -1.85. The number of nitrogens with zero attached hydrogens (tertiary/aromatic N) is 2. The third-order valence-corrected chi connectivity index (χ3v) is 4.09. The largest absolute Gasteiger partial charge is 0.508 e. The molecule has 0 atom stereocenters. The van der Waals surface area contributed by atoms with E-state index in [1.807, 2.05) is 18.7 Å². The van der Waals surface area contributed by atoms with Crippen molar-refractivity contribution < 1.29 is 14.4 Å². The molecule has 6 heteroatoms. The normalized spacial score (nSPS) is 16.0. The van der Waals surface area contributed by atoms with E-state index >= 15 is 0 Å². The third-order valence-electron chi connectivity index (χ3n) is 4.09. The first-order valence-corrected chi connectivity index (χ1v) is 7.83. The smallest absolute Gasteiger partial charge is 0.299 e. The number of hydrogen-bond acceptors (Lipinski definition) is 4. The lowest BCUT2D eigenvalue weighted by atomic mass is 9.93. The average molecular weight is 310 g/mol. The van der Waals surface area contributed by atoms with Gasteiger partial charge in [0.05, 0.1) is 11.0 Å². The zero-order valence-electron chi connectivity index (χ0n) is 13.1. The van der Waals surface area contributed by atoms with Gasteiger partial charge >= 0.3 is 0 Å². The van der Waals surface area contributed by atoms with E-state index < -0.39 is 16.5 Å². The molecule has 0 unspecified atom stereocenters. The van der Waals surface area contributed by atoms with E-state index in [4.69, 9.17) is 0 Å². The first-order chi connectivity index (χ1) is 10.4. The fourth-order valence-electron chi connectivity index (χ4n) is 3.20. The third kappa shape index (κ3) is 3.67. The topological polar surface area (TPSA) is 66.6 Å². The molecule has 0 spiro atoms. The fourth-order valence-corrected chi connectivity index (χ4v) is 3.20. The number of aromatic hydroxyl groups is 1. The summed E-state index contributed by atoms with van der Waals surface area (Å²) in [7, 11) is 0. The Morgan fingerprint density at radius 3 is 2.55 bits per heavy atom. The van der Waals surface area contributed by atoms with Gasteiger partial charge in [-0.05, 0) is 18.8 Å². The van der Waals surface area contributed by atoms with Crippen LogP contribution in [0.4, 0.5) is 15.8 Å². The molecular formula is C16H23FN2O3. The number of halogens is 1. The summed E-state index contributed by atoms with van der Waals surface area (Å²) in [5.41, 5.74) is -0.341. The first kappa shape index (κ1) is 16.5. The molecule has 0 aromatic heterocycles. The molecule has 0 radical (unpaired) electrons. The van der Waals surface area contributed by atoms with Crippen molar-refractivity contribution in [2.75, 3.05) is 11.4 Å². The van der Waals surface area contributed by atoms with Gasteiger partial charge in [-0.1, -0.05) is 33.1 Å². The van der Waals surface area contributed by atoms with Gasteiger partial charge in [0.25, 0.3) is 5.69 Å². The highest BCUT2D eigenvalue weighted by atomic mass is 19.1. The van der Waals surface area contributed by atoms with Gasteiger partial charge in [0.15, 0.2) is 11.5 Å². The van der Waals surface area contributed by atoms with Crippen LogP contribution in [0.1, 0.15) is 46.0 Å². The van der Waals surface area contributed by atoms with Gasteiger partial charge in [-0.15, -0.1) is 0 Å². The van der Waals surface area contributed by atoms with E-state index in [1.54, 1.807) is 0 Å². The molecule has 0 heterocycles. The van der Waals surface area contributed by atoms with Gasteiger partial charge in [-0.2, -0.15) is 0 Å². The predicted molar refractivity (Wildman–Crippen MR) is 83.8 cm³/mol. The number of hydrogen-bond donors (Lipinski definition) is 1. The molecule has 1 aliphatic rings. The van der Waals surface area contributed by atoms with Crippen LogP contribution in [-0.4, -0.2) is 22.6 Å². The van der Waals surface area contributed by atoms with Gasteiger partial charge < -0.3 is 10.0 Å². The summed E-state index contributed by atoms with van der Waals surface area (Å²) in [6.07, 6.45) is 5.13. The van der Waals surface area contributed by atoms with E-state index in [0.29, 0.717) is 6.54 Å². The second kappa shape index (κ2) is 6.94. The minimum atomic E-state index is -0.724. The van der Waals surface area contributed by atoms with E-state index in [2.05, 4.69) is 0 Å². The Kier molecular flexibility index (Phi) is 5.21. The second-order valence-corrected chi connectivity index (χ2v) is 6.39. The number of rotatable bonds is 5. The molecular weight excluding hydrogens is 287 g/mol. The van der Waals surface area contributed by atoms with Crippen LogP contribution in [0.5, 0.6) is 5.75 Å². The Labute approximate surface area is 129 Å². The average Bonchev–Trinajstić information content (AvgIpc) is 2.45. The molecule has 0 amide bonds. The molecule has 122 valence electrons. The van der Waals surface area contributed by atoms with Crippen LogP contribution in [-0.2, 0) is 0 Å². The van der Waals surface area contributed by atoms with Crippen LogP contribution >= 0.6 is 0 Å². The molecule has 1 fully saturated rings. The SMILES string of the molecule is CC(C)CN(c1c(F)cc(O)cc1[N+](=O)[O-])C1CCCCC1. The maximum atomic E-state index is 14.4. The number of anilines is 1. The molecule has 1 aromatic carbocycles. The number of phenols is 1. The highest BCUT2D eigenvalue weighted by Gasteiger charge is 2.31. The molecule has 22 heavy (non-hydrogen) atoms. The summed E-state index contributed by atoms with van der Waals surface area (Å²) in [6, 6.07) is 2.11. The number of nitro groups is 1. The van der Waals surface area contributed by atoms with Crippen molar-refractivity contribution in [3.05, 3.63) is 28.1 Å². The van der Waals surface area contributed by atoms with Crippen LogP contribution < -0.4 is 4.90 Å². The van der Waals surface area contributed by atoms with E-state index in [-0.39, 0.29) is 23.3 Å². The van der Waals surface area contributed by atoms with Crippen LogP contribution in [0, 0.1) is 21.8 Å². The van der Waals surface area contributed by atoms with Crippen molar-refractivity contribution >= 4 is 11.4 Å². The van der Waals surface area contributed by atoms with Gasteiger partial charge in [0.2, 0.25) is 0 Å². The maximum Gasteiger partial charge on any atom is 0.299 e. The van der Waals surface area contributed by atoms with Crippen molar-refractivity contribution in [3.8, 4) is 5.75 Å². The summed E-state index contributed by atoms with van der Waals surface area (Å²) in [5.74, 6) is -0.881. The molecule has 1 aromatic rings. The van der Waals surface area contributed by atoms with Crippen LogP contribution in [0.15, 0.2) is 12.1 Å². The van der Waals surface area contributed by atoms with Gasteiger partial charge in [0, 0.05) is 18.7 Å². The van der Waals surface area contributed by atoms with Crippen LogP contribution in [0.3, 0.4) is 0 Å². The summed E-state index contributed by atoms with van der Waals surface area (Å²) < 4.78 is 14.4. The van der Waals surface area contributed by atoms with Crippen molar-refractivity contribution in [1.82, 2.24) is 0 Å². The van der Waals surface area contributed by atoms with Gasteiger partial charge in [-0.3, -0.25) is 10.1 Å². The summed E-state index contributed by atoms with van der Waals surface area (Å²) in [5, 5.41) is 20.8. The lowest BCUT2D eigenvalue weighted by Gasteiger charge is -2.37. The molecule has 1 N–H and O–H groups in total. The molecule has 0 bridgehead atoms. The molecule has 2 rings (SSSR count). The van der Waals surface area contributed by atoms with E-state index in [1.165, 1.54) is 0 Å². The monoisotopic (exact) mass is 310 g/mol. The predicted octanol–water partition coefficient (Wildman–Crippen LogP) is 4.23. The molecule has 1 saturated carbocycles. The molecule has 1 aliphatic carbocycles. The number of phenolic OH excluding ortho intramolecular Hbond substituents is 1. The summed E-state index contributed by atoms with van der Waals surface area (Å²) in [4.78, 5) is 12.5. The minimum Gasteiger partial charge on any atom is -0.508 e. The molecule has 0 aliphatic heterocycles. The van der Waals surface area contributed by atoms with Crippen molar-refractivity contribution in [1.29, 1.82) is 0 Å². The van der Waals surface area contributed by atoms with Crippen molar-refractivity contribution in [2.24, 2.45) is 5.92 Å². The molecule has 5 nitrogen and oxygen atoms in total. The number of nitro benzene ring substituents is 1. The minimum absolute atomic E-state index is 0.0170.